The highest BCUT2D eigenvalue weighted by Gasteiger charge is 2.10. The summed E-state index contributed by atoms with van der Waals surface area (Å²) in [6, 6.07) is 11.6. The SMILES string of the molecule is C[C@H](Oc1ccc2cc(Br)ccc2c1)C(N)=O. The predicted molar refractivity (Wildman–Crippen MR) is 70.9 cm³/mol. The van der Waals surface area contributed by atoms with Crippen molar-refractivity contribution < 1.29 is 9.53 Å². The summed E-state index contributed by atoms with van der Waals surface area (Å²) in [5.74, 6) is 0.173. The van der Waals surface area contributed by atoms with Gasteiger partial charge in [0.15, 0.2) is 6.10 Å². The number of carbonyl (C=O) groups excluding carboxylic acids is 1. The molecule has 2 aromatic carbocycles. The molecule has 0 aliphatic rings. The third-order valence-corrected chi connectivity index (χ3v) is 2.98. The third kappa shape index (κ3) is 2.77. The Balaban J connectivity index is 2.32. The second-order valence-corrected chi connectivity index (χ2v) is 4.73. The zero-order valence-electron chi connectivity index (χ0n) is 9.31. The van der Waals surface area contributed by atoms with Crippen LogP contribution in [0.2, 0.25) is 0 Å². The van der Waals surface area contributed by atoms with Gasteiger partial charge in [-0.25, -0.2) is 0 Å². The summed E-state index contributed by atoms with van der Waals surface area (Å²) in [5, 5.41) is 2.17. The Hall–Kier alpha value is -1.55. The van der Waals surface area contributed by atoms with E-state index in [9.17, 15) is 4.79 Å². The van der Waals surface area contributed by atoms with Gasteiger partial charge in [0.25, 0.3) is 5.91 Å². The number of fused-ring (bicyclic) bond motifs is 1. The number of rotatable bonds is 3. The minimum atomic E-state index is -0.622. The Labute approximate surface area is 108 Å². The van der Waals surface area contributed by atoms with Crippen molar-refractivity contribution in [3.63, 3.8) is 0 Å². The standard InChI is InChI=1S/C13H12BrNO2/c1-8(13(15)16)17-12-5-3-9-6-11(14)4-2-10(9)7-12/h2-8H,1H3,(H2,15,16)/t8-/m0/s1. The normalized spacial score (nSPS) is 12.4. The van der Waals surface area contributed by atoms with Crippen LogP contribution in [0.4, 0.5) is 0 Å². The molecule has 2 N–H and O–H groups in total. The van der Waals surface area contributed by atoms with Crippen LogP contribution in [-0.4, -0.2) is 12.0 Å². The molecule has 1 amide bonds. The van der Waals surface area contributed by atoms with E-state index in [1.807, 2.05) is 36.4 Å². The highest BCUT2D eigenvalue weighted by atomic mass is 79.9. The second kappa shape index (κ2) is 4.75. The first kappa shape index (κ1) is 11.9. The maximum absolute atomic E-state index is 10.9. The van der Waals surface area contributed by atoms with Crippen molar-refractivity contribution in [2.45, 2.75) is 13.0 Å². The van der Waals surface area contributed by atoms with E-state index in [2.05, 4.69) is 15.9 Å². The molecule has 3 nitrogen and oxygen atoms in total. The van der Waals surface area contributed by atoms with Crippen LogP contribution in [0.3, 0.4) is 0 Å². The highest BCUT2D eigenvalue weighted by molar-refractivity contribution is 9.10. The summed E-state index contributed by atoms with van der Waals surface area (Å²) in [5.41, 5.74) is 5.15. The largest absolute Gasteiger partial charge is 0.481 e. The minimum Gasteiger partial charge on any atom is -0.481 e. The van der Waals surface area contributed by atoms with Crippen molar-refractivity contribution in [2.75, 3.05) is 0 Å². The quantitative estimate of drug-likeness (QED) is 0.946. The number of benzene rings is 2. The van der Waals surface area contributed by atoms with E-state index in [0.29, 0.717) is 5.75 Å². The molecule has 2 rings (SSSR count). The average molecular weight is 294 g/mol. The van der Waals surface area contributed by atoms with Crippen LogP contribution >= 0.6 is 15.9 Å². The predicted octanol–water partition coefficient (Wildman–Crippen LogP) is 2.85. The molecule has 0 unspecified atom stereocenters. The third-order valence-electron chi connectivity index (χ3n) is 2.49. The zero-order valence-corrected chi connectivity index (χ0v) is 10.9. The van der Waals surface area contributed by atoms with E-state index < -0.39 is 12.0 Å². The highest BCUT2D eigenvalue weighted by Crippen LogP contribution is 2.24. The lowest BCUT2D eigenvalue weighted by atomic mass is 10.1. The molecule has 0 bridgehead atoms. The number of hydrogen-bond acceptors (Lipinski definition) is 2. The fourth-order valence-corrected chi connectivity index (χ4v) is 1.91. The fraction of sp³-hybridized carbons (Fsp3) is 0.154. The molecule has 17 heavy (non-hydrogen) atoms. The van der Waals surface area contributed by atoms with E-state index in [1.165, 1.54) is 0 Å². The van der Waals surface area contributed by atoms with Gasteiger partial charge in [-0.3, -0.25) is 4.79 Å². The van der Waals surface area contributed by atoms with Gasteiger partial charge in [0.1, 0.15) is 5.75 Å². The van der Waals surface area contributed by atoms with E-state index in [1.54, 1.807) is 6.92 Å². The van der Waals surface area contributed by atoms with Crippen LogP contribution in [0.5, 0.6) is 5.75 Å². The van der Waals surface area contributed by atoms with Gasteiger partial charge in [-0.05, 0) is 42.0 Å². The molecule has 0 fully saturated rings. The molecular formula is C13H12BrNO2. The maximum Gasteiger partial charge on any atom is 0.258 e. The Morgan fingerprint density at radius 1 is 1.24 bits per heavy atom. The van der Waals surface area contributed by atoms with Crippen molar-refractivity contribution in [3.8, 4) is 5.75 Å². The smallest absolute Gasteiger partial charge is 0.258 e. The molecule has 0 heterocycles. The number of nitrogens with two attached hydrogens (primary N) is 1. The average Bonchev–Trinajstić information content (AvgIpc) is 2.29. The first-order valence-corrected chi connectivity index (χ1v) is 6.01. The Morgan fingerprint density at radius 2 is 1.88 bits per heavy atom. The van der Waals surface area contributed by atoms with Gasteiger partial charge >= 0.3 is 0 Å². The van der Waals surface area contributed by atoms with Crippen molar-refractivity contribution >= 4 is 32.6 Å². The number of ether oxygens (including phenoxy) is 1. The maximum atomic E-state index is 10.9. The summed E-state index contributed by atoms with van der Waals surface area (Å²) >= 11 is 3.42. The first-order chi connectivity index (χ1) is 8.06. The van der Waals surface area contributed by atoms with Crippen molar-refractivity contribution in [1.82, 2.24) is 0 Å². The van der Waals surface area contributed by atoms with Gasteiger partial charge < -0.3 is 10.5 Å². The fourth-order valence-electron chi connectivity index (χ4n) is 1.53. The van der Waals surface area contributed by atoms with E-state index >= 15 is 0 Å². The lowest BCUT2D eigenvalue weighted by Crippen LogP contribution is -2.30. The Kier molecular flexibility index (Phi) is 3.33. The summed E-state index contributed by atoms with van der Waals surface area (Å²) in [7, 11) is 0. The van der Waals surface area contributed by atoms with Crippen LogP contribution < -0.4 is 10.5 Å². The molecule has 0 radical (unpaired) electrons. The number of carbonyl (C=O) groups is 1. The molecule has 88 valence electrons. The lowest BCUT2D eigenvalue weighted by Gasteiger charge is -2.11. The topological polar surface area (TPSA) is 52.3 Å². The summed E-state index contributed by atoms with van der Waals surface area (Å²) < 4.78 is 6.46. The van der Waals surface area contributed by atoms with Crippen LogP contribution in [0.25, 0.3) is 10.8 Å². The van der Waals surface area contributed by atoms with Crippen molar-refractivity contribution in [3.05, 3.63) is 40.9 Å². The number of hydrogen-bond donors (Lipinski definition) is 1. The van der Waals surface area contributed by atoms with Gasteiger partial charge in [-0.15, -0.1) is 0 Å². The number of primary amides is 1. The van der Waals surface area contributed by atoms with Gasteiger partial charge in [0.2, 0.25) is 0 Å². The first-order valence-electron chi connectivity index (χ1n) is 5.21. The molecule has 0 aromatic heterocycles. The van der Waals surface area contributed by atoms with Crippen molar-refractivity contribution in [1.29, 1.82) is 0 Å². The van der Waals surface area contributed by atoms with E-state index in [4.69, 9.17) is 10.5 Å². The van der Waals surface area contributed by atoms with Crippen LogP contribution in [0.15, 0.2) is 40.9 Å². The summed E-state index contributed by atoms with van der Waals surface area (Å²) in [6.07, 6.45) is -0.622. The molecular weight excluding hydrogens is 282 g/mol. The lowest BCUT2D eigenvalue weighted by molar-refractivity contribution is -0.123. The van der Waals surface area contributed by atoms with Gasteiger partial charge in [-0.1, -0.05) is 28.1 Å². The molecule has 0 aliphatic heterocycles. The van der Waals surface area contributed by atoms with E-state index in [0.717, 1.165) is 15.2 Å². The van der Waals surface area contributed by atoms with Gasteiger partial charge in [0, 0.05) is 4.47 Å². The molecule has 0 aliphatic carbocycles. The molecule has 4 heteroatoms. The molecule has 0 saturated carbocycles. The number of amides is 1. The Bertz CT molecular complexity index is 568. The van der Waals surface area contributed by atoms with Crippen LogP contribution in [-0.2, 0) is 4.79 Å². The molecule has 2 aromatic rings. The van der Waals surface area contributed by atoms with Crippen molar-refractivity contribution in [2.24, 2.45) is 5.73 Å². The zero-order chi connectivity index (χ0) is 12.4. The monoisotopic (exact) mass is 293 g/mol. The summed E-state index contributed by atoms with van der Waals surface area (Å²) in [6.45, 7) is 1.63. The minimum absolute atomic E-state index is 0.471. The molecule has 1 atom stereocenters. The van der Waals surface area contributed by atoms with E-state index in [-0.39, 0.29) is 0 Å². The molecule has 0 saturated heterocycles. The Morgan fingerprint density at radius 3 is 2.59 bits per heavy atom. The summed E-state index contributed by atoms with van der Waals surface area (Å²) in [4.78, 5) is 10.9. The second-order valence-electron chi connectivity index (χ2n) is 3.82. The molecule has 0 spiro atoms. The van der Waals surface area contributed by atoms with Crippen LogP contribution in [0.1, 0.15) is 6.92 Å². The van der Waals surface area contributed by atoms with Gasteiger partial charge in [0.05, 0.1) is 0 Å². The van der Waals surface area contributed by atoms with Crippen LogP contribution in [0, 0.1) is 0 Å². The number of halogens is 1. The van der Waals surface area contributed by atoms with Gasteiger partial charge in [-0.2, -0.15) is 0 Å².